The molecule has 0 fully saturated rings. The van der Waals surface area contributed by atoms with Crippen LogP contribution in [0.3, 0.4) is 0 Å². The molecular weight excluding hydrogens is 232 g/mol. The predicted octanol–water partition coefficient (Wildman–Crippen LogP) is 3.95. The van der Waals surface area contributed by atoms with Gasteiger partial charge < -0.3 is 0 Å². The summed E-state index contributed by atoms with van der Waals surface area (Å²) in [6.45, 7) is 0. The minimum absolute atomic E-state index is 0.0747. The van der Waals surface area contributed by atoms with E-state index in [-0.39, 0.29) is 40.4 Å². The van der Waals surface area contributed by atoms with Crippen molar-refractivity contribution in [3.63, 3.8) is 0 Å². The molecule has 1 aromatic heterocycles. The third kappa shape index (κ3) is 1.87. The van der Waals surface area contributed by atoms with Crippen molar-refractivity contribution < 1.29 is 5.48 Å². The van der Waals surface area contributed by atoms with Crippen molar-refractivity contribution in [1.82, 2.24) is 9.97 Å². The first-order valence-corrected chi connectivity index (χ1v) is 5.37. The van der Waals surface area contributed by atoms with E-state index in [4.69, 9.17) is 17.1 Å². The zero-order chi connectivity index (χ0) is 15.1. The minimum Gasteiger partial charge on any atom is -0.243 e. The summed E-state index contributed by atoms with van der Waals surface area (Å²) in [6.07, 6.45) is 0. The van der Waals surface area contributed by atoms with Crippen molar-refractivity contribution in [2.24, 2.45) is 0 Å². The van der Waals surface area contributed by atoms with Crippen molar-refractivity contribution in [3.8, 4) is 11.3 Å². The van der Waals surface area contributed by atoms with Gasteiger partial charge in [0.2, 0.25) is 0 Å². The smallest absolute Gasteiger partial charge is 0.156 e. The maximum absolute atomic E-state index is 7.92. The van der Waals surface area contributed by atoms with Gasteiger partial charge in [0.1, 0.15) is 5.69 Å². The zero-order valence-corrected chi connectivity index (χ0v) is 9.42. The van der Waals surface area contributed by atoms with Gasteiger partial charge in [0.15, 0.2) is 5.15 Å². The Morgan fingerprint density at radius 2 is 1.59 bits per heavy atom. The third-order valence-electron chi connectivity index (χ3n) is 2.32. The molecule has 0 unspecified atom stereocenters. The minimum atomic E-state index is -0.342. The number of benzene rings is 2. The first-order chi connectivity index (χ1) is 10.0. The lowest BCUT2D eigenvalue weighted by atomic mass is 10.1. The highest BCUT2D eigenvalue weighted by Crippen LogP contribution is 2.26. The van der Waals surface area contributed by atoms with Crippen LogP contribution in [0.2, 0.25) is 5.15 Å². The van der Waals surface area contributed by atoms with Crippen molar-refractivity contribution in [3.05, 3.63) is 59.7 Å². The number of hydrogen-bond donors (Lipinski definition) is 0. The maximum atomic E-state index is 7.92. The van der Waals surface area contributed by atoms with E-state index >= 15 is 0 Å². The van der Waals surface area contributed by atoms with Crippen LogP contribution in [-0.2, 0) is 0 Å². The lowest BCUT2D eigenvalue weighted by molar-refractivity contribution is 1.29. The molecule has 82 valence electrons. The van der Waals surface area contributed by atoms with Crippen molar-refractivity contribution in [1.29, 1.82) is 0 Å². The van der Waals surface area contributed by atoms with E-state index in [9.17, 15) is 0 Å². The molecule has 3 rings (SSSR count). The molecular formula is C14H9ClN2. The molecule has 0 atom stereocenters. The van der Waals surface area contributed by atoms with Crippen LogP contribution in [0.15, 0.2) is 54.5 Å². The normalized spacial score (nSPS) is 13.9. The van der Waals surface area contributed by atoms with Crippen LogP contribution in [0, 0.1) is 0 Å². The Bertz CT molecular complexity index is 853. The van der Waals surface area contributed by atoms with E-state index in [1.54, 1.807) is 0 Å². The number of halogens is 1. The average molecular weight is 245 g/mol. The number of nitrogens with zero attached hydrogens (tertiary/aromatic N) is 2. The lowest BCUT2D eigenvalue weighted by Crippen LogP contribution is -1.90. The number of hydrogen-bond acceptors (Lipinski definition) is 2. The second kappa shape index (κ2) is 4.15. The van der Waals surface area contributed by atoms with Gasteiger partial charge >= 0.3 is 0 Å². The Hall–Kier alpha value is -1.93. The van der Waals surface area contributed by atoms with E-state index in [1.165, 1.54) is 0 Å². The fourth-order valence-electron chi connectivity index (χ4n) is 1.55. The highest BCUT2D eigenvalue weighted by atomic mass is 35.5. The monoisotopic (exact) mass is 244 g/mol. The van der Waals surface area contributed by atoms with E-state index in [2.05, 4.69) is 9.97 Å². The van der Waals surface area contributed by atoms with Gasteiger partial charge in [0.05, 0.1) is 16.5 Å². The van der Waals surface area contributed by atoms with Gasteiger partial charge in [-0.25, -0.2) is 9.97 Å². The van der Waals surface area contributed by atoms with Gasteiger partial charge in [0, 0.05) is 5.56 Å². The van der Waals surface area contributed by atoms with Gasteiger partial charge in [-0.3, -0.25) is 0 Å². The summed E-state index contributed by atoms with van der Waals surface area (Å²) in [5.41, 5.74) is 1.33. The Labute approximate surface area is 110 Å². The molecule has 0 aliphatic rings. The Morgan fingerprint density at radius 1 is 0.941 bits per heavy atom. The van der Waals surface area contributed by atoms with E-state index < -0.39 is 0 Å². The number of rotatable bonds is 1. The summed E-state index contributed by atoms with van der Waals surface area (Å²) >= 11 is 6.13. The predicted molar refractivity (Wildman–Crippen MR) is 70.0 cm³/mol. The quantitative estimate of drug-likeness (QED) is 0.648. The molecule has 0 amide bonds. The van der Waals surface area contributed by atoms with E-state index in [0.717, 1.165) is 5.56 Å². The Morgan fingerprint density at radius 3 is 2.29 bits per heavy atom. The van der Waals surface area contributed by atoms with E-state index in [1.807, 2.05) is 30.3 Å². The van der Waals surface area contributed by atoms with Gasteiger partial charge in [-0.15, -0.1) is 0 Å². The lowest BCUT2D eigenvalue weighted by Gasteiger charge is -2.04. The first-order valence-electron chi connectivity index (χ1n) is 6.99. The molecule has 0 aliphatic carbocycles. The molecule has 0 N–H and O–H groups in total. The first kappa shape index (κ1) is 6.72. The van der Waals surface area contributed by atoms with Crippen LogP contribution < -0.4 is 0 Å². The molecule has 2 aromatic carbocycles. The van der Waals surface area contributed by atoms with Crippen LogP contribution >= 0.6 is 11.6 Å². The van der Waals surface area contributed by atoms with E-state index in [0.29, 0.717) is 5.69 Å². The number of aromatic nitrogens is 2. The molecule has 0 radical (unpaired) electrons. The summed E-state index contributed by atoms with van der Waals surface area (Å²) in [5, 5.41) is 0.110. The van der Waals surface area contributed by atoms with Crippen LogP contribution in [0.25, 0.3) is 22.3 Å². The molecule has 17 heavy (non-hydrogen) atoms. The van der Waals surface area contributed by atoms with Gasteiger partial charge in [-0.05, 0) is 12.1 Å². The van der Waals surface area contributed by atoms with Crippen LogP contribution in [0.1, 0.15) is 5.48 Å². The molecule has 1 heterocycles. The number of para-hydroxylation sites is 2. The summed E-state index contributed by atoms with van der Waals surface area (Å²) in [4.78, 5) is 8.41. The topological polar surface area (TPSA) is 25.8 Å². The fourth-order valence-corrected chi connectivity index (χ4v) is 1.79. The van der Waals surface area contributed by atoms with Crippen molar-refractivity contribution >= 4 is 22.6 Å². The molecule has 0 saturated carbocycles. The summed E-state index contributed by atoms with van der Waals surface area (Å²) in [5.74, 6) is 0. The highest BCUT2D eigenvalue weighted by molar-refractivity contribution is 6.32. The van der Waals surface area contributed by atoms with Crippen molar-refractivity contribution in [2.75, 3.05) is 0 Å². The molecule has 0 aliphatic heterocycles. The molecule has 2 nitrogen and oxygen atoms in total. The van der Waals surface area contributed by atoms with Crippen LogP contribution in [0.4, 0.5) is 0 Å². The highest BCUT2D eigenvalue weighted by Gasteiger charge is 2.07. The molecule has 0 saturated heterocycles. The standard InChI is InChI=1S/C14H9ClN2/c15-14-13(10-6-2-1-3-7-10)16-11-8-4-5-9-12(11)17-14/h1-9H/i4D,5D,8D,9D. The molecule has 0 bridgehead atoms. The SMILES string of the molecule is [2H]c1c([2H])c([2H])c2nc(-c3ccccc3)c(Cl)nc2c1[2H]. The van der Waals surface area contributed by atoms with Crippen molar-refractivity contribution in [2.45, 2.75) is 0 Å². The average Bonchev–Trinajstić information content (AvgIpc) is 2.51. The van der Waals surface area contributed by atoms with Gasteiger partial charge in [-0.2, -0.15) is 0 Å². The Kier molecular flexibility index (Phi) is 1.64. The fraction of sp³-hybridized carbons (Fsp3) is 0. The Balaban J connectivity index is 2.39. The largest absolute Gasteiger partial charge is 0.243 e. The summed E-state index contributed by atoms with van der Waals surface area (Å²) in [7, 11) is 0. The second-order valence-corrected chi connectivity index (χ2v) is 3.78. The van der Waals surface area contributed by atoms with Crippen LogP contribution in [0.5, 0.6) is 0 Å². The maximum Gasteiger partial charge on any atom is 0.156 e. The zero-order valence-electron chi connectivity index (χ0n) is 12.7. The second-order valence-electron chi connectivity index (χ2n) is 3.43. The van der Waals surface area contributed by atoms with Gasteiger partial charge in [-0.1, -0.05) is 54.0 Å². The third-order valence-corrected chi connectivity index (χ3v) is 2.59. The van der Waals surface area contributed by atoms with Gasteiger partial charge in [0.25, 0.3) is 0 Å². The summed E-state index contributed by atoms with van der Waals surface area (Å²) in [6, 6.07) is 8.02. The summed E-state index contributed by atoms with van der Waals surface area (Å²) < 4.78 is 31.1. The molecule has 3 heteroatoms. The molecule has 0 spiro atoms. The van der Waals surface area contributed by atoms with Crippen LogP contribution in [-0.4, -0.2) is 9.97 Å². The molecule has 3 aromatic rings. The number of fused-ring (bicyclic) bond motifs is 1.